The minimum absolute atomic E-state index is 0.585. The minimum atomic E-state index is 0.585. The fourth-order valence-electron chi connectivity index (χ4n) is 2.49. The maximum absolute atomic E-state index is 4.45. The van der Waals surface area contributed by atoms with Gasteiger partial charge in [0.05, 0.1) is 12.7 Å². The molecular formula is C13H17N5. The average Bonchev–Trinajstić information content (AvgIpc) is 3.09. The van der Waals surface area contributed by atoms with Crippen LogP contribution >= 0.6 is 0 Å². The molecule has 18 heavy (non-hydrogen) atoms. The van der Waals surface area contributed by atoms with E-state index in [-0.39, 0.29) is 0 Å². The van der Waals surface area contributed by atoms with Crippen LogP contribution in [0.25, 0.3) is 0 Å². The van der Waals surface area contributed by atoms with Crippen molar-refractivity contribution >= 4 is 0 Å². The quantitative estimate of drug-likeness (QED) is 0.808. The van der Waals surface area contributed by atoms with Gasteiger partial charge in [-0.15, -0.1) is 5.10 Å². The van der Waals surface area contributed by atoms with E-state index < -0.39 is 0 Å². The molecule has 2 aromatic heterocycles. The average molecular weight is 243 g/mol. The molecule has 0 spiro atoms. The molecule has 3 rings (SSSR count). The minimum Gasteiger partial charge on any atom is -0.301 e. The van der Waals surface area contributed by atoms with E-state index in [9.17, 15) is 0 Å². The van der Waals surface area contributed by atoms with Crippen LogP contribution in [0.5, 0.6) is 0 Å². The Morgan fingerprint density at radius 1 is 1.22 bits per heavy atom. The van der Waals surface area contributed by atoms with Gasteiger partial charge in [-0.2, -0.15) is 0 Å². The van der Waals surface area contributed by atoms with E-state index in [4.69, 9.17) is 0 Å². The van der Waals surface area contributed by atoms with Crippen molar-refractivity contribution in [1.82, 2.24) is 24.9 Å². The van der Waals surface area contributed by atoms with Crippen LogP contribution in [0, 0.1) is 0 Å². The summed E-state index contributed by atoms with van der Waals surface area (Å²) in [5, 5.41) is 7.80. The summed E-state index contributed by atoms with van der Waals surface area (Å²) in [7, 11) is 0. The Balaban J connectivity index is 1.53. The van der Waals surface area contributed by atoms with E-state index in [1.54, 1.807) is 6.20 Å². The molecular weight excluding hydrogens is 226 g/mol. The van der Waals surface area contributed by atoms with E-state index in [1.165, 1.54) is 12.1 Å². The normalized spacial score (nSPS) is 20.3. The van der Waals surface area contributed by atoms with Crippen LogP contribution < -0.4 is 0 Å². The van der Waals surface area contributed by atoms with Gasteiger partial charge in [0.25, 0.3) is 0 Å². The van der Waals surface area contributed by atoms with E-state index in [0.29, 0.717) is 5.92 Å². The first-order valence-corrected chi connectivity index (χ1v) is 6.39. The molecule has 3 heterocycles. The molecule has 1 aliphatic heterocycles. The number of hydrogen-bond acceptors (Lipinski definition) is 4. The zero-order valence-electron chi connectivity index (χ0n) is 10.3. The number of hydrogen-bond donors (Lipinski definition) is 0. The van der Waals surface area contributed by atoms with Crippen LogP contribution in [-0.2, 0) is 6.54 Å². The Kier molecular flexibility index (Phi) is 3.32. The van der Waals surface area contributed by atoms with Crippen molar-refractivity contribution in [1.29, 1.82) is 0 Å². The smallest absolute Gasteiger partial charge is 0.0692 e. The van der Waals surface area contributed by atoms with Gasteiger partial charge in [0.1, 0.15) is 0 Å². The summed E-state index contributed by atoms with van der Waals surface area (Å²) in [6, 6.07) is 6.17. The molecule has 0 aliphatic carbocycles. The highest BCUT2D eigenvalue weighted by molar-refractivity contribution is 5.11. The van der Waals surface area contributed by atoms with Crippen LogP contribution in [0.3, 0.4) is 0 Å². The van der Waals surface area contributed by atoms with E-state index in [2.05, 4.69) is 32.3 Å². The summed E-state index contributed by atoms with van der Waals surface area (Å²) in [5.41, 5.74) is 1.22. The Morgan fingerprint density at radius 3 is 3.00 bits per heavy atom. The van der Waals surface area contributed by atoms with Crippen molar-refractivity contribution in [3.05, 3.63) is 42.5 Å². The Morgan fingerprint density at radius 2 is 2.22 bits per heavy atom. The Bertz CT molecular complexity index is 467. The zero-order valence-corrected chi connectivity index (χ0v) is 10.3. The van der Waals surface area contributed by atoms with Crippen LogP contribution in [0.15, 0.2) is 36.8 Å². The molecule has 5 nitrogen and oxygen atoms in total. The fraction of sp³-hybridized carbons (Fsp3) is 0.462. The molecule has 0 aromatic carbocycles. The predicted molar refractivity (Wildman–Crippen MR) is 68.1 cm³/mol. The topological polar surface area (TPSA) is 46.8 Å². The third-order valence-electron chi connectivity index (χ3n) is 3.50. The number of nitrogens with zero attached hydrogens (tertiary/aromatic N) is 5. The molecule has 1 unspecified atom stereocenters. The summed E-state index contributed by atoms with van der Waals surface area (Å²) >= 11 is 0. The zero-order chi connectivity index (χ0) is 12.2. The second kappa shape index (κ2) is 5.27. The van der Waals surface area contributed by atoms with Crippen molar-refractivity contribution < 1.29 is 0 Å². The first-order chi connectivity index (χ1) is 8.92. The highest BCUT2D eigenvalue weighted by atomic mass is 15.4. The lowest BCUT2D eigenvalue weighted by molar-refractivity contribution is 0.310. The van der Waals surface area contributed by atoms with Gasteiger partial charge in [-0.3, -0.25) is 9.67 Å². The summed E-state index contributed by atoms with van der Waals surface area (Å²) in [6.07, 6.45) is 6.72. The molecule has 0 amide bonds. The first kappa shape index (κ1) is 11.3. The largest absolute Gasteiger partial charge is 0.301 e. The van der Waals surface area contributed by atoms with Crippen LogP contribution in [0.2, 0.25) is 0 Å². The molecule has 5 heteroatoms. The van der Waals surface area contributed by atoms with Gasteiger partial charge in [-0.25, -0.2) is 0 Å². The highest BCUT2D eigenvalue weighted by Crippen LogP contribution is 2.25. The Labute approximate surface area is 106 Å². The molecule has 1 saturated heterocycles. The monoisotopic (exact) mass is 243 g/mol. The molecule has 1 aliphatic rings. The van der Waals surface area contributed by atoms with Gasteiger partial charge < -0.3 is 4.90 Å². The summed E-state index contributed by atoms with van der Waals surface area (Å²) < 4.78 is 1.88. The molecule has 2 aromatic rings. The fourth-order valence-corrected chi connectivity index (χ4v) is 2.49. The SMILES string of the molecule is c1ccc(C2CCN(CCn3ccnn3)C2)nc1. The number of aromatic nitrogens is 4. The lowest BCUT2D eigenvalue weighted by atomic mass is 10.0. The molecule has 0 radical (unpaired) electrons. The first-order valence-electron chi connectivity index (χ1n) is 6.39. The van der Waals surface area contributed by atoms with E-state index >= 15 is 0 Å². The maximum atomic E-state index is 4.45. The van der Waals surface area contributed by atoms with Gasteiger partial charge in [0.2, 0.25) is 0 Å². The second-order valence-electron chi connectivity index (χ2n) is 4.71. The molecule has 1 atom stereocenters. The highest BCUT2D eigenvalue weighted by Gasteiger charge is 2.24. The predicted octanol–water partition coefficient (Wildman–Crippen LogP) is 1.16. The molecule has 0 N–H and O–H groups in total. The summed E-state index contributed by atoms with van der Waals surface area (Å²) in [6.45, 7) is 4.20. The van der Waals surface area contributed by atoms with Crippen LogP contribution in [-0.4, -0.2) is 44.5 Å². The molecule has 94 valence electrons. The van der Waals surface area contributed by atoms with Gasteiger partial charge in [-0.1, -0.05) is 11.3 Å². The summed E-state index contributed by atoms with van der Waals surface area (Å²) in [5.74, 6) is 0.585. The van der Waals surface area contributed by atoms with Crippen LogP contribution in [0.4, 0.5) is 0 Å². The van der Waals surface area contributed by atoms with Gasteiger partial charge in [0, 0.05) is 37.1 Å². The van der Waals surface area contributed by atoms with E-state index in [0.717, 1.165) is 26.2 Å². The standard InChI is InChI=1S/C13H17N5/c1-2-5-14-13(3-1)12-4-7-17(11-12)9-10-18-8-6-15-16-18/h1-3,5-6,8,12H,4,7,9-11H2. The van der Waals surface area contributed by atoms with Crippen molar-refractivity contribution in [3.8, 4) is 0 Å². The number of pyridine rings is 1. The van der Waals surface area contributed by atoms with Crippen molar-refractivity contribution in [2.45, 2.75) is 18.9 Å². The van der Waals surface area contributed by atoms with Crippen molar-refractivity contribution in [2.24, 2.45) is 0 Å². The van der Waals surface area contributed by atoms with Crippen molar-refractivity contribution in [3.63, 3.8) is 0 Å². The third-order valence-corrected chi connectivity index (χ3v) is 3.50. The number of likely N-dealkylation sites (tertiary alicyclic amines) is 1. The molecule has 0 saturated carbocycles. The van der Waals surface area contributed by atoms with Gasteiger partial charge in [-0.05, 0) is 25.1 Å². The second-order valence-corrected chi connectivity index (χ2v) is 4.71. The Hall–Kier alpha value is -1.75. The van der Waals surface area contributed by atoms with E-state index in [1.807, 2.05) is 23.1 Å². The van der Waals surface area contributed by atoms with Gasteiger partial charge >= 0.3 is 0 Å². The third kappa shape index (κ3) is 2.56. The lowest BCUT2D eigenvalue weighted by Crippen LogP contribution is -2.25. The number of rotatable bonds is 4. The lowest BCUT2D eigenvalue weighted by Gasteiger charge is -2.15. The molecule has 0 bridgehead atoms. The van der Waals surface area contributed by atoms with Crippen molar-refractivity contribution in [2.75, 3.05) is 19.6 Å². The molecule has 1 fully saturated rings. The summed E-state index contributed by atoms with van der Waals surface area (Å²) in [4.78, 5) is 6.92. The van der Waals surface area contributed by atoms with Crippen LogP contribution in [0.1, 0.15) is 18.0 Å². The van der Waals surface area contributed by atoms with Gasteiger partial charge in [0.15, 0.2) is 0 Å². The maximum Gasteiger partial charge on any atom is 0.0692 e.